The van der Waals surface area contributed by atoms with Gasteiger partial charge in [-0.3, -0.25) is 9.59 Å². The fourth-order valence-corrected chi connectivity index (χ4v) is 4.92. The zero-order chi connectivity index (χ0) is 23.2. The van der Waals surface area contributed by atoms with Gasteiger partial charge in [-0.15, -0.1) is 11.3 Å². The summed E-state index contributed by atoms with van der Waals surface area (Å²) in [4.78, 5) is 29.6. The van der Waals surface area contributed by atoms with Crippen LogP contribution in [0.15, 0.2) is 87.0 Å². The van der Waals surface area contributed by atoms with Crippen molar-refractivity contribution in [3.63, 3.8) is 0 Å². The second-order valence-electron chi connectivity index (χ2n) is 7.19. The standard InChI is InChI=1S/C25H20BrN3O2S2/c1-16-7-12-20(13-21(16)28-24(31)18-5-3-2-4-6-18)27-23(30)15-33-25-29-22(14-32-25)17-8-10-19(26)11-9-17/h2-14H,15H2,1H3,(H,27,30)(H,28,31). The Kier molecular flexibility index (Phi) is 7.59. The lowest BCUT2D eigenvalue weighted by Crippen LogP contribution is -2.15. The van der Waals surface area contributed by atoms with Crippen LogP contribution in [-0.4, -0.2) is 22.6 Å². The lowest BCUT2D eigenvalue weighted by atomic mass is 10.1. The largest absolute Gasteiger partial charge is 0.325 e. The smallest absolute Gasteiger partial charge is 0.255 e. The number of rotatable bonds is 7. The minimum Gasteiger partial charge on any atom is -0.325 e. The molecule has 3 aromatic carbocycles. The summed E-state index contributed by atoms with van der Waals surface area (Å²) in [5.41, 5.74) is 4.71. The van der Waals surface area contributed by atoms with Crippen molar-refractivity contribution in [3.05, 3.63) is 93.8 Å². The molecule has 0 saturated carbocycles. The number of halogens is 1. The summed E-state index contributed by atoms with van der Waals surface area (Å²) in [6.07, 6.45) is 0. The highest BCUT2D eigenvalue weighted by atomic mass is 79.9. The molecule has 0 bridgehead atoms. The molecule has 0 aliphatic carbocycles. The van der Waals surface area contributed by atoms with Crippen LogP contribution >= 0.6 is 39.0 Å². The van der Waals surface area contributed by atoms with E-state index in [1.165, 1.54) is 23.1 Å². The molecule has 1 aromatic heterocycles. The molecule has 166 valence electrons. The summed E-state index contributed by atoms with van der Waals surface area (Å²) in [5.74, 6) is -0.0833. The predicted molar refractivity (Wildman–Crippen MR) is 140 cm³/mol. The molecule has 0 aliphatic rings. The highest BCUT2D eigenvalue weighted by molar-refractivity contribution is 9.10. The summed E-state index contributed by atoms with van der Waals surface area (Å²) < 4.78 is 1.86. The molecular formula is C25H20BrN3O2S2. The Morgan fingerprint density at radius 2 is 1.76 bits per heavy atom. The molecule has 0 spiro atoms. The first-order valence-corrected chi connectivity index (χ1v) is 12.7. The van der Waals surface area contributed by atoms with Crippen molar-refractivity contribution in [2.45, 2.75) is 11.3 Å². The number of carbonyl (C=O) groups excluding carboxylic acids is 2. The lowest BCUT2D eigenvalue weighted by Gasteiger charge is -2.11. The molecule has 0 radical (unpaired) electrons. The number of hydrogen-bond acceptors (Lipinski definition) is 5. The Balaban J connectivity index is 1.34. The van der Waals surface area contributed by atoms with Crippen LogP contribution < -0.4 is 10.6 Å². The zero-order valence-electron chi connectivity index (χ0n) is 17.7. The molecule has 8 heteroatoms. The molecule has 0 atom stereocenters. The Bertz CT molecular complexity index is 1270. The molecule has 4 aromatic rings. The number of aromatic nitrogens is 1. The Labute approximate surface area is 208 Å². The van der Waals surface area contributed by atoms with Crippen molar-refractivity contribution >= 4 is 62.2 Å². The number of carbonyl (C=O) groups is 2. The van der Waals surface area contributed by atoms with E-state index in [1.54, 1.807) is 18.2 Å². The maximum atomic E-state index is 12.5. The van der Waals surface area contributed by atoms with Crippen LogP contribution in [0.2, 0.25) is 0 Å². The number of aryl methyl sites for hydroxylation is 1. The first kappa shape index (κ1) is 23.2. The zero-order valence-corrected chi connectivity index (χ0v) is 20.9. The van der Waals surface area contributed by atoms with E-state index in [0.717, 1.165) is 25.6 Å². The number of nitrogens with zero attached hydrogens (tertiary/aromatic N) is 1. The molecule has 0 aliphatic heterocycles. The van der Waals surface area contributed by atoms with E-state index in [1.807, 2.05) is 66.9 Å². The molecule has 2 amide bonds. The third kappa shape index (κ3) is 6.31. The van der Waals surface area contributed by atoms with Gasteiger partial charge >= 0.3 is 0 Å². The Hall–Kier alpha value is -2.94. The van der Waals surface area contributed by atoms with Crippen molar-refractivity contribution in [2.75, 3.05) is 16.4 Å². The van der Waals surface area contributed by atoms with Crippen molar-refractivity contribution in [1.29, 1.82) is 0 Å². The van der Waals surface area contributed by atoms with Gasteiger partial charge < -0.3 is 10.6 Å². The van der Waals surface area contributed by atoms with Gasteiger partial charge in [0.15, 0.2) is 4.34 Å². The van der Waals surface area contributed by atoms with E-state index in [9.17, 15) is 9.59 Å². The average molecular weight is 538 g/mol. The van der Waals surface area contributed by atoms with Gasteiger partial charge in [-0.1, -0.05) is 64.1 Å². The average Bonchev–Trinajstić information content (AvgIpc) is 3.30. The predicted octanol–water partition coefficient (Wildman–Crippen LogP) is 6.86. The summed E-state index contributed by atoms with van der Waals surface area (Å²) in [6.45, 7) is 1.91. The topological polar surface area (TPSA) is 71.1 Å². The second kappa shape index (κ2) is 10.8. The summed E-state index contributed by atoms with van der Waals surface area (Å²) in [6, 6.07) is 22.5. The van der Waals surface area contributed by atoms with Crippen molar-refractivity contribution in [1.82, 2.24) is 4.98 Å². The minimum absolute atomic E-state index is 0.135. The summed E-state index contributed by atoms with van der Waals surface area (Å²) in [5, 5.41) is 7.80. The van der Waals surface area contributed by atoms with Crippen LogP contribution in [0.1, 0.15) is 15.9 Å². The van der Waals surface area contributed by atoms with E-state index < -0.39 is 0 Å². The molecule has 2 N–H and O–H groups in total. The van der Waals surface area contributed by atoms with Gasteiger partial charge in [0, 0.05) is 32.4 Å². The molecule has 4 rings (SSSR count). The van der Waals surface area contributed by atoms with Gasteiger partial charge in [-0.25, -0.2) is 4.98 Å². The first-order chi connectivity index (χ1) is 16.0. The van der Waals surface area contributed by atoms with Crippen LogP contribution in [-0.2, 0) is 4.79 Å². The van der Waals surface area contributed by atoms with Crippen LogP contribution in [0.25, 0.3) is 11.3 Å². The number of thioether (sulfide) groups is 1. The van der Waals surface area contributed by atoms with E-state index in [2.05, 4.69) is 31.5 Å². The third-order valence-corrected chi connectivity index (χ3v) is 7.31. The van der Waals surface area contributed by atoms with E-state index in [-0.39, 0.29) is 17.6 Å². The molecule has 0 saturated heterocycles. The van der Waals surface area contributed by atoms with Gasteiger partial charge in [0.2, 0.25) is 5.91 Å². The first-order valence-electron chi connectivity index (χ1n) is 10.1. The SMILES string of the molecule is Cc1ccc(NC(=O)CSc2nc(-c3ccc(Br)cc3)cs2)cc1NC(=O)c1ccccc1. The molecule has 0 unspecified atom stereocenters. The minimum atomic E-state index is -0.192. The van der Waals surface area contributed by atoms with E-state index >= 15 is 0 Å². The van der Waals surface area contributed by atoms with Crippen LogP contribution in [0.5, 0.6) is 0 Å². The quantitative estimate of drug-likeness (QED) is 0.252. The maximum absolute atomic E-state index is 12.5. The highest BCUT2D eigenvalue weighted by Crippen LogP contribution is 2.29. The molecule has 5 nitrogen and oxygen atoms in total. The summed E-state index contributed by atoms with van der Waals surface area (Å²) in [7, 11) is 0. The summed E-state index contributed by atoms with van der Waals surface area (Å²) >= 11 is 6.35. The second-order valence-corrected chi connectivity index (χ2v) is 10.2. The number of anilines is 2. The number of hydrogen-bond donors (Lipinski definition) is 2. The third-order valence-electron chi connectivity index (χ3n) is 4.76. The van der Waals surface area contributed by atoms with Crippen LogP contribution in [0, 0.1) is 6.92 Å². The van der Waals surface area contributed by atoms with Crippen molar-refractivity contribution in [2.24, 2.45) is 0 Å². The fourth-order valence-electron chi connectivity index (χ4n) is 3.02. The molecule has 0 fully saturated rings. The molecule has 1 heterocycles. The van der Waals surface area contributed by atoms with Crippen molar-refractivity contribution < 1.29 is 9.59 Å². The number of nitrogens with one attached hydrogen (secondary N) is 2. The van der Waals surface area contributed by atoms with E-state index in [4.69, 9.17) is 0 Å². The van der Waals surface area contributed by atoms with Gasteiger partial charge in [0.25, 0.3) is 5.91 Å². The highest BCUT2D eigenvalue weighted by Gasteiger charge is 2.11. The number of amides is 2. The Morgan fingerprint density at radius 1 is 1.00 bits per heavy atom. The lowest BCUT2D eigenvalue weighted by molar-refractivity contribution is -0.113. The monoisotopic (exact) mass is 537 g/mol. The van der Waals surface area contributed by atoms with Gasteiger partial charge in [-0.2, -0.15) is 0 Å². The van der Waals surface area contributed by atoms with Crippen molar-refractivity contribution in [3.8, 4) is 11.3 Å². The van der Waals surface area contributed by atoms with Gasteiger partial charge in [0.1, 0.15) is 0 Å². The fraction of sp³-hybridized carbons (Fsp3) is 0.0800. The maximum Gasteiger partial charge on any atom is 0.255 e. The van der Waals surface area contributed by atoms with Crippen LogP contribution in [0.3, 0.4) is 0 Å². The number of thiazole rings is 1. The van der Waals surface area contributed by atoms with Gasteiger partial charge in [-0.05, 0) is 48.9 Å². The molecular weight excluding hydrogens is 518 g/mol. The van der Waals surface area contributed by atoms with Gasteiger partial charge in [0.05, 0.1) is 11.4 Å². The van der Waals surface area contributed by atoms with E-state index in [0.29, 0.717) is 16.9 Å². The molecule has 33 heavy (non-hydrogen) atoms. The van der Waals surface area contributed by atoms with Crippen LogP contribution in [0.4, 0.5) is 11.4 Å². The number of benzene rings is 3. The normalized spacial score (nSPS) is 10.6. The Morgan fingerprint density at radius 3 is 2.52 bits per heavy atom.